The summed E-state index contributed by atoms with van der Waals surface area (Å²) in [5.41, 5.74) is -1.10. The van der Waals surface area contributed by atoms with Crippen LogP contribution in [0, 0.1) is 11.8 Å². The molecule has 1 saturated heterocycles. The Hall–Kier alpha value is -0.910. The smallest absolute Gasteiger partial charge is 0.309 e. The Morgan fingerprint density at radius 1 is 1.16 bits per heavy atom. The third-order valence-electron chi connectivity index (χ3n) is 6.24. The molecule has 0 radical (unpaired) electrons. The predicted molar refractivity (Wildman–Crippen MR) is 95.9 cm³/mol. The van der Waals surface area contributed by atoms with Crippen molar-refractivity contribution in [3.05, 3.63) is 11.6 Å². The van der Waals surface area contributed by atoms with Crippen molar-refractivity contribution in [2.45, 2.75) is 96.1 Å². The number of fused-ring (bicyclic) bond motifs is 2. The highest BCUT2D eigenvalue weighted by molar-refractivity contribution is 5.73. The van der Waals surface area contributed by atoms with Gasteiger partial charge in [0.1, 0.15) is 6.10 Å². The molecule has 25 heavy (non-hydrogen) atoms. The van der Waals surface area contributed by atoms with E-state index in [1.54, 1.807) is 13.8 Å². The summed E-state index contributed by atoms with van der Waals surface area (Å²) in [7, 11) is 0. The molecule has 2 rings (SSSR count). The van der Waals surface area contributed by atoms with Crippen molar-refractivity contribution in [3.63, 3.8) is 0 Å². The summed E-state index contributed by atoms with van der Waals surface area (Å²) in [5, 5.41) is 31.9. The molecule has 0 aromatic rings. The molecule has 0 aromatic carbocycles. The maximum Gasteiger partial charge on any atom is 0.309 e. The van der Waals surface area contributed by atoms with Gasteiger partial charge in [-0.25, -0.2) is 0 Å². The third-order valence-corrected chi connectivity index (χ3v) is 6.24. The number of carbonyl (C=O) groups is 1. The van der Waals surface area contributed by atoms with E-state index in [4.69, 9.17) is 4.74 Å². The molecule has 0 amide bonds. The van der Waals surface area contributed by atoms with Crippen LogP contribution in [-0.2, 0) is 9.53 Å². The minimum atomic E-state index is -1.18. The zero-order chi connectivity index (χ0) is 18.8. The average Bonchev–Trinajstić information content (AvgIpc) is 2.52. The SMILES string of the molecule is CC1=CCCC(C)(O)C2CC(CCC(C)(O)C(O)CC1)C(C)C(=O)O2. The number of rotatable bonds is 0. The van der Waals surface area contributed by atoms with Gasteiger partial charge < -0.3 is 20.1 Å². The summed E-state index contributed by atoms with van der Waals surface area (Å²) in [6.45, 7) is 7.26. The second-order valence-corrected chi connectivity index (χ2v) is 8.61. The highest BCUT2D eigenvalue weighted by Crippen LogP contribution is 2.38. The lowest BCUT2D eigenvalue weighted by Crippen LogP contribution is -2.49. The largest absolute Gasteiger partial charge is 0.459 e. The maximum absolute atomic E-state index is 12.3. The van der Waals surface area contributed by atoms with Gasteiger partial charge in [0.05, 0.1) is 23.2 Å². The van der Waals surface area contributed by atoms with E-state index in [0.29, 0.717) is 38.5 Å². The van der Waals surface area contributed by atoms with Crippen LogP contribution in [0.25, 0.3) is 0 Å². The van der Waals surface area contributed by atoms with E-state index in [1.807, 2.05) is 13.8 Å². The van der Waals surface area contributed by atoms with Crippen molar-refractivity contribution in [3.8, 4) is 0 Å². The first-order valence-electron chi connectivity index (χ1n) is 9.52. The molecule has 1 aliphatic carbocycles. The highest BCUT2D eigenvalue weighted by atomic mass is 16.6. The number of esters is 1. The van der Waals surface area contributed by atoms with E-state index < -0.39 is 23.4 Å². The van der Waals surface area contributed by atoms with Crippen LogP contribution in [0.2, 0.25) is 0 Å². The fourth-order valence-corrected chi connectivity index (χ4v) is 3.91. The average molecular weight is 354 g/mol. The van der Waals surface area contributed by atoms with Gasteiger partial charge in [-0.1, -0.05) is 18.6 Å². The number of allylic oxidation sites excluding steroid dienone is 2. The number of hydrogen-bond acceptors (Lipinski definition) is 5. The van der Waals surface area contributed by atoms with Gasteiger partial charge in [-0.3, -0.25) is 4.79 Å². The Kier molecular flexibility index (Phi) is 6.34. The summed E-state index contributed by atoms with van der Waals surface area (Å²) >= 11 is 0. The van der Waals surface area contributed by atoms with Gasteiger partial charge in [-0.15, -0.1) is 0 Å². The molecule has 0 spiro atoms. The number of ether oxygens (including phenoxy) is 1. The molecule has 5 heteroatoms. The zero-order valence-electron chi connectivity index (χ0n) is 16.0. The molecule has 2 aliphatic rings. The lowest BCUT2D eigenvalue weighted by molar-refractivity contribution is -0.185. The number of aliphatic hydroxyl groups is 3. The van der Waals surface area contributed by atoms with Gasteiger partial charge in [0, 0.05) is 0 Å². The Morgan fingerprint density at radius 2 is 1.84 bits per heavy atom. The minimum absolute atomic E-state index is 0.0385. The van der Waals surface area contributed by atoms with Crippen LogP contribution in [0.1, 0.15) is 72.6 Å². The molecular formula is C20H34O5. The molecule has 1 heterocycles. The zero-order valence-corrected chi connectivity index (χ0v) is 16.0. The fourth-order valence-electron chi connectivity index (χ4n) is 3.91. The molecule has 1 aliphatic heterocycles. The second-order valence-electron chi connectivity index (χ2n) is 8.61. The molecule has 2 bridgehead atoms. The Bertz CT molecular complexity index is 508. The van der Waals surface area contributed by atoms with Gasteiger partial charge in [0.2, 0.25) is 0 Å². The van der Waals surface area contributed by atoms with E-state index in [-0.39, 0.29) is 17.8 Å². The van der Waals surface area contributed by atoms with E-state index in [2.05, 4.69) is 6.08 Å². The monoisotopic (exact) mass is 354 g/mol. The van der Waals surface area contributed by atoms with Gasteiger partial charge in [0.15, 0.2) is 0 Å². The van der Waals surface area contributed by atoms with Crippen molar-refractivity contribution in [2.24, 2.45) is 11.8 Å². The van der Waals surface area contributed by atoms with Crippen molar-refractivity contribution in [2.75, 3.05) is 0 Å². The first-order valence-corrected chi connectivity index (χ1v) is 9.52. The lowest BCUT2D eigenvalue weighted by atomic mass is 9.75. The van der Waals surface area contributed by atoms with Crippen LogP contribution in [0.15, 0.2) is 11.6 Å². The van der Waals surface area contributed by atoms with Gasteiger partial charge >= 0.3 is 5.97 Å². The van der Waals surface area contributed by atoms with Crippen molar-refractivity contribution < 1.29 is 24.9 Å². The van der Waals surface area contributed by atoms with Gasteiger partial charge in [-0.05, 0) is 71.6 Å². The lowest BCUT2D eigenvalue weighted by Gasteiger charge is -2.41. The third kappa shape index (κ3) is 5.05. The van der Waals surface area contributed by atoms with E-state index in [1.165, 1.54) is 0 Å². The fraction of sp³-hybridized carbons (Fsp3) is 0.850. The summed E-state index contributed by atoms with van der Waals surface area (Å²) < 4.78 is 5.52. The normalized spacial score (nSPS) is 44.4. The van der Waals surface area contributed by atoms with Crippen LogP contribution in [0.3, 0.4) is 0 Å². The van der Waals surface area contributed by atoms with Crippen molar-refractivity contribution in [1.29, 1.82) is 0 Å². The number of hydrogen-bond donors (Lipinski definition) is 3. The van der Waals surface area contributed by atoms with Crippen LogP contribution in [0.4, 0.5) is 0 Å². The number of aliphatic hydroxyl groups excluding tert-OH is 1. The maximum atomic E-state index is 12.3. The standard InChI is InChI=1S/C20H34O5/c1-13-6-5-10-20(4,24)17-12-15(14(2)18(22)25-17)9-11-19(3,23)16(21)8-7-13/h6,14-17,21,23-24H,5,7-12H2,1-4H3. The summed E-state index contributed by atoms with van der Waals surface area (Å²) in [4.78, 5) is 12.3. The molecule has 0 saturated carbocycles. The van der Waals surface area contributed by atoms with Gasteiger partial charge in [0.25, 0.3) is 0 Å². The van der Waals surface area contributed by atoms with E-state index in [0.717, 1.165) is 12.0 Å². The highest BCUT2D eigenvalue weighted by Gasteiger charge is 2.44. The summed E-state index contributed by atoms with van der Waals surface area (Å²) in [5.74, 6) is -0.493. The topological polar surface area (TPSA) is 87.0 Å². The Morgan fingerprint density at radius 3 is 2.52 bits per heavy atom. The summed E-state index contributed by atoms with van der Waals surface area (Å²) in [6, 6.07) is 0. The van der Waals surface area contributed by atoms with E-state index >= 15 is 0 Å². The first kappa shape index (κ1) is 20.4. The summed E-state index contributed by atoms with van der Waals surface area (Å²) in [6.07, 6.45) is 4.85. The molecule has 3 N–H and O–H groups in total. The predicted octanol–water partition coefficient (Wildman–Crippen LogP) is 2.72. The van der Waals surface area contributed by atoms with Crippen LogP contribution in [0.5, 0.6) is 0 Å². The molecular weight excluding hydrogens is 320 g/mol. The molecule has 5 nitrogen and oxygen atoms in total. The van der Waals surface area contributed by atoms with Crippen LogP contribution in [-0.4, -0.2) is 44.7 Å². The van der Waals surface area contributed by atoms with Crippen molar-refractivity contribution in [1.82, 2.24) is 0 Å². The van der Waals surface area contributed by atoms with Crippen molar-refractivity contribution >= 4 is 5.97 Å². The molecule has 6 atom stereocenters. The minimum Gasteiger partial charge on any atom is -0.459 e. The van der Waals surface area contributed by atoms with Crippen LogP contribution < -0.4 is 0 Å². The second kappa shape index (κ2) is 7.77. The Balaban J connectivity index is 2.24. The molecule has 0 aromatic heterocycles. The quantitative estimate of drug-likeness (QED) is 0.460. The number of carbonyl (C=O) groups excluding carboxylic acids is 1. The molecule has 1 fully saturated rings. The van der Waals surface area contributed by atoms with E-state index in [9.17, 15) is 20.1 Å². The van der Waals surface area contributed by atoms with Gasteiger partial charge in [-0.2, -0.15) is 0 Å². The molecule has 6 unspecified atom stereocenters. The Labute approximate surface area is 151 Å². The molecule has 144 valence electrons. The van der Waals surface area contributed by atoms with Crippen LogP contribution >= 0.6 is 0 Å². The first-order chi connectivity index (χ1) is 11.5.